The molecule has 108 valence electrons. The van der Waals surface area contributed by atoms with Gasteiger partial charge in [0.1, 0.15) is 0 Å². The van der Waals surface area contributed by atoms with E-state index >= 15 is 0 Å². The highest BCUT2D eigenvalue weighted by molar-refractivity contribution is 5.38. The summed E-state index contributed by atoms with van der Waals surface area (Å²) in [5, 5.41) is 4.37. The molecule has 0 spiro atoms. The molecular formula is C15H17F3N2. The topological polar surface area (TPSA) is 17.8 Å². The monoisotopic (exact) mass is 282 g/mol. The minimum atomic E-state index is -4.31. The number of nitrogens with zero attached hydrogens (tertiary/aromatic N) is 2. The summed E-state index contributed by atoms with van der Waals surface area (Å²) >= 11 is 0. The Bertz CT molecular complexity index is 602. The van der Waals surface area contributed by atoms with Crippen molar-refractivity contribution in [2.24, 2.45) is 0 Å². The number of benzene rings is 1. The molecule has 0 atom stereocenters. The maximum Gasteiger partial charge on any atom is 0.416 e. The Hall–Kier alpha value is -1.78. The predicted molar refractivity (Wildman–Crippen MR) is 72.0 cm³/mol. The van der Waals surface area contributed by atoms with E-state index in [2.05, 4.69) is 5.10 Å². The molecule has 0 aliphatic heterocycles. The fourth-order valence-electron chi connectivity index (χ4n) is 2.02. The minimum Gasteiger partial charge on any atom is -0.237 e. The van der Waals surface area contributed by atoms with Gasteiger partial charge in [0.05, 0.1) is 16.9 Å². The Morgan fingerprint density at radius 1 is 1.00 bits per heavy atom. The van der Waals surface area contributed by atoms with Crippen molar-refractivity contribution in [3.63, 3.8) is 0 Å². The molecule has 2 aromatic rings. The zero-order valence-corrected chi connectivity index (χ0v) is 11.9. The molecule has 0 saturated heterocycles. The largest absolute Gasteiger partial charge is 0.416 e. The van der Waals surface area contributed by atoms with Crippen molar-refractivity contribution >= 4 is 0 Å². The van der Waals surface area contributed by atoms with Gasteiger partial charge in [-0.2, -0.15) is 18.3 Å². The fraction of sp³-hybridized carbons (Fsp3) is 0.400. The van der Waals surface area contributed by atoms with Gasteiger partial charge in [-0.25, -0.2) is 4.68 Å². The highest BCUT2D eigenvalue weighted by Crippen LogP contribution is 2.31. The molecule has 0 saturated carbocycles. The summed E-state index contributed by atoms with van der Waals surface area (Å²) < 4.78 is 39.4. The van der Waals surface area contributed by atoms with E-state index in [-0.39, 0.29) is 5.41 Å². The Balaban J connectivity index is 2.48. The minimum absolute atomic E-state index is 0.135. The van der Waals surface area contributed by atoms with Gasteiger partial charge in [0.15, 0.2) is 0 Å². The third kappa shape index (κ3) is 2.86. The van der Waals surface area contributed by atoms with Crippen LogP contribution in [-0.4, -0.2) is 9.78 Å². The molecule has 0 aliphatic carbocycles. The molecule has 0 aliphatic rings. The molecular weight excluding hydrogens is 265 g/mol. The number of aromatic nitrogens is 2. The first-order valence-electron chi connectivity index (χ1n) is 6.34. The Labute approximate surface area is 116 Å². The lowest BCUT2D eigenvalue weighted by molar-refractivity contribution is -0.137. The van der Waals surface area contributed by atoms with Gasteiger partial charge < -0.3 is 0 Å². The van der Waals surface area contributed by atoms with Gasteiger partial charge in [-0.05, 0) is 37.3 Å². The van der Waals surface area contributed by atoms with Crippen LogP contribution in [0.2, 0.25) is 0 Å². The Kier molecular flexibility index (Phi) is 3.40. The van der Waals surface area contributed by atoms with Crippen molar-refractivity contribution in [2.75, 3.05) is 0 Å². The van der Waals surface area contributed by atoms with Crippen molar-refractivity contribution < 1.29 is 13.2 Å². The van der Waals surface area contributed by atoms with Gasteiger partial charge >= 0.3 is 6.18 Å². The zero-order valence-electron chi connectivity index (χ0n) is 11.9. The van der Waals surface area contributed by atoms with E-state index < -0.39 is 11.7 Å². The quantitative estimate of drug-likeness (QED) is 0.753. The normalized spacial score (nSPS) is 12.8. The van der Waals surface area contributed by atoms with Crippen molar-refractivity contribution in [3.8, 4) is 5.69 Å². The molecule has 1 aromatic carbocycles. The highest BCUT2D eigenvalue weighted by atomic mass is 19.4. The molecule has 0 radical (unpaired) electrons. The molecule has 0 fully saturated rings. The van der Waals surface area contributed by atoms with Crippen LogP contribution < -0.4 is 0 Å². The second-order valence-electron chi connectivity index (χ2n) is 5.88. The van der Waals surface area contributed by atoms with Crippen LogP contribution in [0.25, 0.3) is 5.69 Å². The van der Waals surface area contributed by atoms with Gasteiger partial charge in [0, 0.05) is 11.1 Å². The lowest BCUT2D eigenvalue weighted by Crippen LogP contribution is -2.17. The van der Waals surface area contributed by atoms with Crippen LogP contribution in [0.5, 0.6) is 0 Å². The van der Waals surface area contributed by atoms with Gasteiger partial charge in [0.25, 0.3) is 0 Å². The van der Waals surface area contributed by atoms with E-state index in [1.807, 2.05) is 33.8 Å². The predicted octanol–water partition coefficient (Wildman–Crippen LogP) is 4.50. The number of alkyl halides is 3. The maximum absolute atomic E-state index is 12.6. The molecule has 0 bridgehead atoms. The van der Waals surface area contributed by atoms with Crippen LogP contribution in [0.15, 0.2) is 30.3 Å². The summed E-state index contributed by atoms with van der Waals surface area (Å²) in [5.74, 6) is 0. The molecule has 1 heterocycles. The number of hydrogen-bond acceptors (Lipinski definition) is 1. The smallest absolute Gasteiger partial charge is 0.237 e. The van der Waals surface area contributed by atoms with Crippen LogP contribution in [0.4, 0.5) is 13.2 Å². The molecule has 0 amide bonds. The molecule has 2 rings (SSSR count). The summed E-state index contributed by atoms with van der Waals surface area (Å²) in [6, 6.07) is 7.02. The fourth-order valence-corrected chi connectivity index (χ4v) is 2.02. The van der Waals surface area contributed by atoms with E-state index in [4.69, 9.17) is 0 Å². The molecule has 5 heteroatoms. The average Bonchev–Trinajstić information content (AvgIpc) is 2.70. The van der Waals surface area contributed by atoms with Gasteiger partial charge in [-0.15, -0.1) is 0 Å². The second kappa shape index (κ2) is 4.65. The van der Waals surface area contributed by atoms with Crippen molar-refractivity contribution in [1.82, 2.24) is 9.78 Å². The SMILES string of the molecule is Cc1cc(C(C)(C)C)n(-c2ccc(C(F)(F)F)cc2)n1. The van der Waals surface area contributed by atoms with Crippen molar-refractivity contribution in [1.29, 1.82) is 0 Å². The number of hydrogen-bond donors (Lipinski definition) is 0. The standard InChI is InChI=1S/C15H17F3N2/c1-10-9-13(14(2,3)4)20(19-10)12-7-5-11(6-8-12)15(16,17)18/h5-9H,1-4H3. The summed E-state index contributed by atoms with van der Waals surface area (Å²) in [7, 11) is 0. The summed E-state index contributed by atoms with van der Waals surface area (Å²) in [5.41, 5.74) is 1.66. The van der Waals surface area contributed by atoms with E-state index in [0.717, 1.165) is 23.5 Å². The van der Waals surface area contributed by atoms with Crippen LogP contribution >= 0.6 is 0 Å². The second-order valence-corrected chi connectivity index (χ2v) is 5.88. The molecule has 1 aromatic heterocycles. The molecule has 2 nitrogen and oxygen atoms in total. The third-order valence-corrected chi connectivity index (χ3v) is 3.04. The molecule has 20 heavy (non-hydrogen) atoms. The number of aryl methyl sites for hydroxylation is 1. The van der Waals surface area contributed by atoms with Crippen LogP contribution in [0.1, 0.15) is 37.7 Å². The summed E-state index contributed by atoms with van der Waals surface area (Å²) in [6.45, 7) is 8.01. The third-order valence-electron chi connectivity index (χ3n) is 3.04. The Morgan fingerprint density at radius 3 is 2.00 bits per heavy atom. The first-order valence-corrected chi connectivity index (χ1v) is 6.34. The van der Waals surface area contributed by atoms with Crippen molar-refractivity contribution in [2.45, 2.75) is 39.3 Å². The van der Waals surface area contributed by atoms with Crippen molar-refractivity contribution in [3.05, 3.63) is 47.3 Å². The van der Waals surface area contributed by atoms with E-state index in [1.54, 1.807) is 4.68 Å². The summed E-state index contributed by atoms with van der Waals surface area (Å²) in [4.78, 5) is 0. The van der Waals surface area contributed by atoms with Gasteiger partial charge in [-0.1, -0.05) is 20.8 Å². The van der Waals surface area contributed by atoms with Crippen LogP contribution in [0, 0.1) is 6.92 Å². The lowest BCUT2D eigenvalue weighted by atomic mass is 9.92. The van der Waals surface area contributed by atoms with Crippen LogP contribution in [-0.2, 0) is 11.6 Å². The molecule has 0 N–H and O–H groups in total. The van der Waals surface area contributed by atoms with Gasteiger partial charge in [0.2, 0.25) is 0 Å². The first-order chi connectivity index (χ1) is 9.09. The highest BCUT2D eigenvalue weighted by Gasteiger charge is 2.30. The number of halogens is 3. The lowest BCUT2D eigenvalue weighted by Gasteiger charge is -2.20. The van der Waals surface area contributed by atoms with E-state index in [0.29, 0.717) is 5.69 Å². The van der Waals surface area contributed by atoms with E-state index in [9.17, 15) is 13.2 Å². The average molecular weight is 282 g/mol. The Morgan fingerprint density at radius 2 is 1.55 bits per heavy atom. The van der Waals surface area contributed by atoms with Crippen LogP contribution in [0.3, 0.4) is 0 Å². The zero-order chi connectivity index (χ0) is 15.1. The number of rotatable bonds is 1. The van der Waals surface area contributed by atoms with Gasteiger partial charge in [-0.3, -0.25) is 0 Å². The maximum atomic E-state index is 12.6. The molecule has 0 unspecified atom stereocenters. The first kappa shape index (κ1) is 14.6. The van der Waals surface area contributed by atoms with E-state index in [1.165, 1.54) is 12.1 Å². The summed E-state index contributed by atoms with van der Waals surface area (Å²) in [6.07, 6.45) is -4.31.